The van der Waals surface area contributed by atoms with Crippen molar-refractivity contribution < 1.29 is 9.53 Å². The molecule has 1 N–H and O–H groups in total. The molecule has 4 heteroatoms. The third-order valence-electron chi connectivity index (χ3n) is 4.47. The van der Waals surface area contributed by atoms with E-state index in [4.69, 9.17) is 4.74 Å². The average Bonchev–Trinajstić information content (AvgIpc) is 2.73. The molecule has 1 amide bonds. The number of fused-ring (bicyclic) bond motifs is 1. The summed E-state index contributed by atoms with van der Waals surface area (Å²) in [6, 6.07) is 21.6. The lowest BCUT2D eigenvalue weighted by Crippen LogP contribution is -2.19. The zero-order valence-corrected chi connectivity index (χ0v) is 15.7. The molecule has 0 aromatic heterocycles. The van der Waals surface area contributed by atoms with Crippen LogP contribution in [0.2, 0.25) is 0 Å². The fraction of sp³-hybridized carbons (Fsp3) is 0.217. The largest absolute Gasteiger partial charge is 0.489 e. The number of carbonyl (C=O) groups excluding carboxylic acids is 1. The van der Waals surface area contributed by atoms with Gasteiger partial charge in [0.15, 0.2) is 0 Å². The number of hydrogen-bond acceptors (Lipinski definition) is 3. The van der Waals surface area contributed by atoms with E-state index in [2.05, 4.69) is 28.7 Å². The molecule has 0 spiro atoms. The van der Waals surface area contributed by atoms with Crippen molar-refractivity contribution in [2.45, 2.75) is 33.3 Å². The highest BCUT2D eigenvalue weighted by Gasteiger charge is 2.05. The topological polar surface area (TPSA) is 50.7 Å². The smallest absolute Gasteiger partial charge is 0.271 e. The molecule has 0 unspecified atom stereocenters. The Bertz CT molecular complexity index is 940. The third-order valence-corrected chi connectivity index (χ3v) is 4.47. The molecule has 0 heterocycles. The lowest BCUT2D eigenvalue weighted by molar-refractivity contribution is 0.0954. The Kier molecular flexibility index (Phi) is 6.21. The highest BCUT2D eigenvalue weighted by atomic mass is 16.5. The van der Waals surface area contributed by atoms with E-state index in [1.807, 2.05) is 50.2 Å². The molecule has 0 bridgehead atoms. The van der Waals surface area contributed by atoms with Crippen LogP contribution in [-0.2, 0) is 6.61 Å². The second-order valence-electron chi connectivity index (χ2n) is 6.32. The Balaban J connectivity index is 1.60. The van der Waals surface area contributed by atoms with Gasteiger partial charge in [0.1, 0.15) is 12.4 Å². The number of hydrogen-bond donors (Lipinski definition) is 1. The van der Waals surface area contributed by atoms with Crippen LogP contribution >= 0.6 is 0 Å². The number of ether oxygens (including phenoxy) is 1. The van der Waals surface area contributed by atoms with Crippen LogP contribution in [-0.4, -0.2) is 11.6 Å². The monoisotopic (exact) mass is 360 g/mol. The Morgan fingerprint density at radius 1 is 0.926 bits per heavy atom. The predicted molar refractivity (Wildman–Crippen MR) is 110 cm³/mol. The minimum atomic E-state index is -0.198. The van der Waals surface area contributed by atoms with Gasteiger partial charge < -0.3 is 4.74 Å². The molecule has 3 aromatic rings. The number of amides is 1. The summed E-state index contributed by atoms with van der Waals surface area (Å²) in [4.78, 5) is 12.1. The molecule has 0 atom stereocenters. The highest BCUT2D eigenvalue weighted by Crippen LogP contribution is 2.21. The molecular weight excluding hydrogens is 336 g/mol. The van der Waals surface area contributed by atoms with Gasteiger partial charge in [-0.05, 0) is 53.4 Å². The number of nitrogens with one attached hydrogen (secondary N) is 1. The molecule has 138 valence electrons. The third kappa shape index (κ3) is 4.94. The lowest BCUT2D eigenvalue weighted by Gasteiger charge is -2.08. The maximum atomic E-state index is 12.1. The first-order valence-corrected chi connectivity index (χ1v) is 9.26. The number of nitrogens with zero attached hydrogens (tertiary/aromatic N) is 1. The minimum Gasteiger partial charge on any atom is -0.489 e. The van der Waals surface area contributed by atoms with Crippen LogP contribution in [0.15, 0.2) is 71.8 Å². The molecule has 0 saturated heterocycles. The van der Waals surface area contributed by atoms with E-state index in [1.165, 1.54) is 5.39 Å². The molecule has 0 fully saturated rings. The Morgan fingerprint density at radius 3 is 2.33 bits per heavy atom. The van der Waals surface area contributed by atoms with Crippen molar-refractivity contribution in [2.24, 2.45) is 5.10 Å². The molecule has 0 aliphatic carbocycles. The van der Waals surface area contributed by atoms with Gasteiger partial charge in [-0.25, -0.2) is 5.43 Å². The van der Waals surface area contributed by atoms with Gasteiger partial charge in [0.25, 0.3) is 5.91 Å². The number of rotatable bonds is 7. The van der Waals surface area contributed by atoms with E-state index < -0.39 is 0 Å². The van der Waals surface area contributed by atoms with Crippen molar-refractivity contribution in [1.29, 1.82) is 0 Å². The van der Waals surface area contributed by atoms with Gasteiger partial charge >= 0.3 is 0 Å². The van der Waals surface area contributed by atoms with Crippen LogP contribution in [0.4, 0.5) is 0 Å². The van der Waals surface area contributed by atoms with Gasteiger partial charge in [0, 0.05) is 11.3 Å². The molecule has 0 radical (unpaired) electrons. The van der Waals surface area contributed by atoms with Crippen molar-refractivity contribution in [2.75, 3.05) is 0 Å². The second kappa shape index (κ2) is 8.99. The summed E-state index contributed by atoms with van der Waals surface area (Å²) in [6.07, 6.45) is 1.67. The number of hydrazone groups is 1. The van der Waals surface area contributed by atoms with E-state index in [-0.39, 0.29) is 5.91 Å². The first-order valence-electron chi connectivity index (χ1n) is 9.26. The van der Waals surface area contributed by atoms with E-state index in [1.54, 1.807) is 12.1 Å². The predicted octanol–water partition coefficient (Wildman–Crippen LogP) is 5.32. The van der Waals surface area contributed by atoms with Gasteiger partial charge in [0.05, 0.1) is 0 Å². The summed E-state index contributed by atoms with van der Waals surface area (Å²) >= 11 is 0. The maximum absolute atomic E-state index is 12.1. The first kappa shape index (κ1) is 18.6. The molecule has 27 heavy (non-hydrogen) atoms. The van der Waals surface area contributed by atoms with Crippen molar-refractivity contribution in [3.8, 4) is 5.75 Å². The minimum absolute atomic E-state index is 0.198. The maximum Gasteiger partial charge on any atom is 0.271 e. The van der Waals surface area contributed by atoms with Gasteiger partial charge in [-0.15, -0.1) is 0 Å². The molecule has 4 nitrogen and oxygen atoms in total. The fourth-order valence-corrected chi connectivity index (χ4v) is 2.78. The summed E-state index contributed by atoms with van der Waals surface area (Å²) in [5.41, 5.74) is 5.18. The second-order valence-corrected chi connectivity index (χ2v) is 6.32. The van der Waals surface area contributed by atoms with Crippen molar-refractivity contribution in [1.82, 2.24) is 5.43 Å². The Morgan fingerprint density at radius 2 is 1.63 bits per heavy atom. The number of carbonyl (C=O) groups is 1. The average molecular weight is 360 g/mol. The quantitative estimate of drug-likeness (QED) is 0.458. The van der Waals surface area contributed by atoms with Gasteiger partial charge in [-0.1, -0.05) is 56.3 Å². The fourth-order valence-electron chi connectivity index (χ4n) is 2.78. The van der Waals surface area contributed by atoms with Gasteiger partial charge in [-0.2, -0.15) is 5.10 Å². The van der Waals surface area contributed by atoms with Crippen LogP contribution in [0.25, 0.3) is 10.8 Å². The van der Waals surface area contributed by atoms with E-state index in [0.29, 0.717) is 12.2 Å². The number of benzene rings is 3. The van der Waals surface area contributed by atoms with E-state index in [0.717, 1.165) is 35.3 Å². The zero-order valence-electron chi connectivity index (χ0n) is 15.7. The Labute approximate surface area is 159 Å². The summed E-state index contributed by atoms with van der Waals surface area (Å²) in [6.45, 7) is 4.51. The van der Waals surface area contributed by atoms with Crippen molar-refractivity contribution in [3.63, 3.8) is 0 Å². The molecule has 3 rings (SSSR count). The van der Waals surface area contributed by atoms with Gasteiger partial charge in [-0.3, -0.25) is 4.79 Å². The van der Waals surface area contributed by atoms with Crippen LogP contribution in [0.3, 0.4) is 0 Å². The van der Waals surface area contributed by atoms with Crippen molar-refractivity contribution >= 4 is 22.4 Å². The summed E-state index contributed by atoms with van der Waals surface area (Å²) in [5, 5.41) is 6.50. The van der Waals surface area contributed by atoms with Crippen LogP contribution in [0.5, 0.6) is 5.75 Å². The van der Waals surface area contributed by atoms with Crippen molar-refractivity contribution in [3.05, 3.63) is 77.9 Å². The molecule has 0 aliphatic rings. The summed E-state index contributed by atoms with van der Waals surface area (Å²) in [5.74, 6) is 0.632. The molecule has 0 saturated carbocycles. The molecule has 3 aromatic carbocycles. The van der Waals surface area contributed by atoms with Crippen LogP contribution in [0, 0.1) is 0 Å². The summed E-state index contributed by atoms with van der Waals surface area (Å²) < 4.78 is 5.89. The normalized spacial score (nSPS) is 10.4. The van der Waals surface area contributed by atoms with E-state index in [9.17, 15) is 4.79 Å². The Hall–Kier alpha value is -3.14. The lowest BCUT2D eigenvalue weighted by atomic mass is 10.1. The SMILES string of the molecule is CCC(CC)=NNC(=O)c1ccc(COc2ccc3ccccc3c2)cc1. The summed E-state index contributed by atoms with van der Waals surface area (Å²) in [7, 11) is 0. The van der Waals surface area contributed by atoms with Crippen LogP contribution in [0.1, 0.15) is 42.6 Å². The molecular formula is C23H24N2O2. The highest BCUT2D eigenvalue weighted by molar-refractivity contribution is 5.95. The molecule has 0 aliphatic heterocycles. The van der Waals surface area contributed by atoms with E-state index >= 15 is 0 Å². The first-order chi connectivity index (χ1) is 13.2. The van der Waals surface area contributed by atoms with Gasteiger partial charge in [0.2, 0.25) is 0 Å². The standard InChI is InChI=1S/C23H24N2O2/c1-3-21(4-2)24-25-23(26)19-11-9-17(10-12-19)16-27-22-14-13-18-7-5-6-8-20(18)15-22/h5-15H,3-4,16H2,1-2H3,(H,25,26). The zero-order chi connectivity index (χ0) is 19.1. The van der Waals surface area contributed by atoms with Crippen LogP contribution < -0.4 is 10.2 Å².